The lowest BCUT2D eigenvalue weighted by Crippen LogP contribution is -2.47. The number of carbonyl (C=O) groups is 2. The molecule has 2 aromatic carbocycles. The van der Waals surface area contributed by atoms with E-state index in [9.17, 15) is 9.59 Å². The standard InChI is InChI=1S/C23H28N2O3/c1-17(18-8-10-20(28-2)11-9-18)25-15-14-23(16-22(25)27,13-12-21(24)26)19-6-4-3-5-7-19/h3-11,17H,12-16H2,1-2H3,(H2,24,26)/t17-,23-/m0/s1. The maximum atomic E-state index is 13.2. The van der Waals surface area contributed by atoms with Crippen molar-refractivity contribution in [1.29, 1.82) is 0 Å². The van der Waals surface area contributed by atoms with Gasteiger partial charge in [0.1, 0.15) is 5.75 Å². The second kappa shape index (κ2) is 8.46. The zero-order chi connectivity index (χ0) is 20.1. The predicted molar refractivity (Wildman–Crippen MR) is 109 cm³/mol. The third kappa shape index (κ3) is 4.19. The fourth-order valence-electron chi connectivity index (χ4n) is 4.17. The number of methoxy groups -OCH3 is 1. The summed E-state index contributed by atoms with van der Waals surface area (Å²) in [5.74, 6) is 0.593. The van der Waals surface area contributed by atoms with Crippen molar-refractivity contribution in [2.45, 2.75) is 44.1 Å². The molecule has 0 aliphatic carbocycles. The maximum Gasteiger partial charge on any atom is 0.223 e. The van der Waals surface area contributed by atoms with E-state index in [1.165, 1.54) is 0 Å². The molecule has 2 amide bonds. The Hall–Kier alpha value is -2.82. The number of primary amides is 1. The quantitative estimate of drug-likeness (QED) is 0.798. The van der Waals surface area contributed by atoms with E-state index in [4.69, 9.17) is 10.5 Å². The van der Waals surface area contributed by atoms with Crippen molar-refractivity contribution in [3.63, 3.8) is 0 Å². The number of piperidine rings is 1. The lowest BCUT2D eigenvalue weighted by molar-refractivity contribution is -0.139. The van der Waals surface area contributed by atoms with Crippen LogP contribution in [0.15, 0.2) is 54.6 Å². The molecule has 0 unspecified atom stereocenters. The van der Waals surface area contributed by atoms with Gasteiger partial charge in [0.2, 0.25) is 11.8 Å². The summed E-state index contributed by atoms with van der Waals surface area (Å²) in [6, 6.07) is 17.9. The van der Waals surface area contributed by atoms with E-state index < -0.39 is 0 Å². The number of hydrogen-bond donors (Lipinski definition) is 1. The van der Waals surface area contributed by atoms with Crippen molar-refractivity contribution in [2.75, 3.05) is 13.7 Å². The molecular formula is C23H28N2O3. The topological polar surface area (TPSA) is 72.6 Å². The monoisotopic (exact) mass is 380 g/mol. The van der Waals surface area contributed by atoms with E-state index in [1.807, 2.05) is 47.4 Å². The highest BCUT2D eigenvalue weighted by Gasteiger charge is 2.41. The lowest BCUT2D eigenvalue weighted by atomic mass is 9.69. The highest BCUT2D eigenvalue weighted by Crippen LogP contribution is 2.42. The Bertz CT molecular complexity index is 820. The first-order valence-electron chi connectivity index (χ1n) is 9.72. The molecule has 2 atom stereocenters. The van der Waals surface area contributed by atoms with E-state index in [1.54, 1.807) is 7.11 Å². The molecule has 0 saturated carbocycles. The number of ether oxygens (including phenoxy) is 1. The summed E-state index contributed by atoms with van der Waals surface area (Å²) >= 11 is 0. The smallest absolute Gasteiger partial charge is 0.223 e. The van der Waals surface area contributed by atoms with Crippen molar-refractivity contribution in [1.82, 2.24) is 4.90 Å². The van der Waals surface area contributed by atoms with Gasteiger partial charge in [-0.15, -0.1) is 0 Å². The lowest BCUT2D eigenvalue weighted by Gasteiger charge is -2.44. The molecule has 28 heavy (non-hydrogen) atoms. The number of likely N-dealkylation sites (tertiary alicyclic amines) is 1. The Labute approximate surface area is 166 Å². The number of carbonyl (C=O) groups excluding carboxylic acids is 2. The summed E-state index contributed by atoms with van der Waals surface area (Å²) < 4.78 is 5.22. The molecule has 2 N–H and O–H groups in total. The molecule has 5 nitrogen and oxygen atoms in total. The summed E-state index contributed by atoms with van der Waals surface area (Å²) in [5.41, 5.74) is 7.28. The van der Waals surface area contributed by atoms with E-state index in [2.05, 4.69) is 19.1 Å². The molecule has 1 fully saturated rings. The molecule has 0 radical (unpaired) electrons. The Morgan fingerprint density at radius 2 is 1.86 bits per heavy atom. The summed E-state index contributed by atoms with van der Waals surface area (Å²) in [7, 11) is 1.64. The van der Waals surface area contributed by atoms with Crippen molar-refractivity contribution in [3.05, 3.63) is 65.7 Å². The SMILES string of the molecule is COc1ccc([C@H](C)N2CC[C@](CCC(N)=O)(c3ccccc3)CC2=O)cc1. The zero-order valence-corrected chi connectivity index (χ0v) is 16.6. The Kier molecular flexibility index (Phi) is 6.02. The van der Waals surface area contributed by atoms with Crippen LogP contribution >= 0.6 is 0 Å². The van der Waals surface area contributed by atoms with Gasteiger partial charge in [-0.25, -0.2) is 0 Å². The molecule has 1 aliphatic heterocycles. The molecular weight excluding hydrogens is 352 g/mol. The molecule has 148 valence electrons. The number of amides is 2. The molecule has 3 rings (SSSR count). The molecule has 5 heteroatoms. The van der Waals surface area contributed by atoms with Crippen molar-refractivity contribution in [2.24, 2.45) is 5.73 Å². The van der Waals surface area contributed by atoms with Gasteiger partial charge in [0, 0.05) is 24.8 Å². The van der Waals surface area contributed by atoms with Crippen LogP contribution in [-0.2, 0) is 15.0 Å². The van der Waals surface area contributed by atoms with Gasteiger partial charge in [-0.05, 0) is 43.0 Å². The van der Waals surface area contributed by atoms with Gasteiger partial charge >= 0.3 is 0 Å². The molecule has 1 aliphatic rings. The average Bonchev–Trinajstić information content (AvgIpc) is 2.72. The normalized spacial score (nSPS) is 20.6. The van der Waals surface area contributed by atoms with Gasteiger partial charge in [0.25, 0.3) is 0 Å². The number of nitrogens with zero attached hydrogens (tertiary/aromatic N) is 1. The molecule has 0 aromatic heterocycles. The van der Waals surface area contributed by atoms with E-state index in [0.717, 1.165) is 23.3 Å². The van der Waals surface area contributed by atoms with Crippen molar-refractivity contribution < 1.29 is 14.3 Å². The molecule has 0 spiro atoms. The van der Waals surface area contributed by atoms with Crippen LogP contribution in [0.25, 0.3) is 0 Å². The summed E-state index contributed by atoms with van der Waals surface area (Å²) in [6.45, 7) is 2.71. The molecule has 1 heterocycles. The number of benzene rings is 2. The largest absolute Gasteiger partial charge is 0.497 e. The van der Waals surface area contributed by atoms with Gasteiger partial charge in [0.15, 0.2) is 0 Å². The Morgan fingerprint density at radius 3 is 2.43 bits per heavy atom. The van der Waals surface area contributed by atoms with Crippen molar-refractivity contribution in [3.8, 4) is 5.75 Å². The summed E-state index contributed by atoms with van der Waals surface area (Å²) in [4.78, 5) is 26.5. The average molecular weight is 380 g/mol. The van der Waals surface area contributed by atoms with Crippen LogP contribution in [0, 0.1) is 0 Å². The Morgan fingerprint density at radius 1 is 1.18 bits per heavy atom. The van der Waals surface area contributed by atoms with E-state index in [-0.39, 0.29) is 29.7 Å². The van der Waals surface area contributed by atoms with Gasteiger partial charge in [-0.3, -0.25) is 9.59 Å². The molecule has 2 aromatic rings. The van der Waals surface area contributed by atoms with Crippen molar-refractivity contribution >= 4 is 11.8 Å². The van der Waals surface area contributed by atoms with E-state index in [0.29, 0.717) is 19.4 Å². The van der Waals surface area contributed by atoms with Crippen LogP contribution in [0.5, 0.6) is 5.75 Å². The number of rotatable bonds is 7. The zero-order valence-electron chi connectivity index (χ0n) is 16.6. The second-order valence-corrected chi connectivity index (χ2v) is 7.58. The van der Waals surface area contributed by atoms with Crippen LogP contribution in [0.2, 0.25) is 0 Å². The first kappa shape index (κ1) is 19.9. The predicted octanol–water partition coefficient (Wildman–Crippen LogP) is 3.58. The minimum atomic E-state index is -0.330. The summed E-state index contributed by atoms with van der Waals surface area (Å²) in [5, 5.41) is 0. The first-order valence-corrected chi connectivity index (χ1v) is 9.72. The fraction of sp³-hybridized carbons (Fsp3) is 0.391. The van der Waals surface area contributed by atoms with Crippen LogP contribution < -0.4 is 10.5 Å². The number of hydrogen-bond acceptors (Lipinski definition) is 3. The van der Waals surface area contributed by atoms with Crippen LogP contribution in [-0.4, -0.2) is 30.4 Å². The van der Waals surface area contributed by atoms with Crippen LogP contribution in [0.4, 0.5) is 0 Å². The third-order valence-electron chi connectivity index (χ3n) is 5.94. The van der Waals surface area contributed by atoms with E-state index >= 15 is 0 Å². The Balaban J connectivity index is 1.80. The summed E-state index contributed by atoms with van der Waals surface area (Å²) in [6.07, 6.45) is 2.10. The first-order chi connectivity index (χ1) is 13.4. The third-order valence-corrected chi connectivity index (χ3v) is 5.94. The number of nitrogens with two attached hydrogens (primary N) is 1. The highest BCUT2D eigenvalue weighted by atomic mass is 16.5. The molecule has 1 saturated heterocycles. The van der Waals surface area contributed by atoms with Gasteiger partial charge in [0.05, 0.1) is 13.2 Å². The van der Waals surface area contributed by atoms with Gasteiger partial charge in [-0.1, -0.05) is 42.5 Å². The van der Waals surface area contributed by atoms with Crippen LogP contribution in [0.3, 0.4) is 0 Å². The minimum Gasteiger partial charge on any atom is -0.497 e. The molecule has 0 bridgehead atoms. The maximum absolute atomic E-state index is 13.2. The highest BCUT2D eigenvalue weighted by molar-refractivity contribution is 5.80. The fourth-order valence-corrected chi connectivity index (χ4v) is 4.17. The minimum absolute atomic E-state index is 0.0108. The van der Waals surface area contributed by atoms with Gasteiger partial charge in [-0.2, -0.15) is 0 Å². The van der Waals surface area contributed by atoms with Gasteiger partial charge < -0.3 is 15.4 Å². The van der Waals surface area contributed by atoms with Crippen LogP contribution in [0.1, 0.15) is 49.8 Å². The second-order valence-electron chi connectivity index (χ2n) is 7.58.